The van der Waals surface area contributed by atoms with Crippen molar-refractivity contribution < 1.29 is 24.8 Å². The molecule has 0 spiro atoms. The first-order valence-corrected chi connectivity index (χ1v) is 4.16. The van der Waals surface area contributed by atoms with E-state index in [0.29, 0.717) is 6.61 Å². The molecule has 3 N–H and O–H groups in total. The van der Waals surface area contributed by atoms with Gasteiger partial charge >= 0.3 is 0 Å². The predicted octanol–water partition coefficient (Wildman–Crippen LogP) is -0.455. The lowest BCUT2D eigenvalue weighted by molar-refractivity contribution is -0.0406. The summed E-state index contributed by atoms with van der Waals surface area (Å²) in [6.45, 7) is 1.75. The second kappa shape index (κ2) is 4.45. The quantitative estimate of drug-likeness (QED) is 0.559. The second-order valence-corrected chi connectivity index (χ2v) is 2.73. The molecule has 0 aromatic carbocycles. The van der Waals surface area contributed by atoms with Crippen molar-refractivity contribution in [1.29, 1.82) is 0 Å². The van der Waals surface area contributed by atoms with Crippen molar-refractivity contribution in [2.24, 2.45) is 0 Å². The summed E-state index contributed by atoms with van der Waals surface area (Å²) in [6, 6.07) is 0. The second-order valence-electron chi connectivity index (χ2n) is 2.73. The molecule has 0 bridgehead atoms. The van der Waals surface area contributed by atoms with Gasteiger partial charge in [-0.05, 0) is 6.92 Å². The Labute approximate surface area is 76.2 Å². The van der Waals surface area contributed by atoms with Gasteiger partial charge in [-0.3, -0.25) is 0 Å². The Morgan fingerprint density at radius 3 is 2.92 bits per heavy atom. The van der Waals surface area contributed by atoms with Gasteiger partial charge < -0.3 is 24.8 Å². The van der Waals surface area contributed by atoms with E-state index in [4.69, 9.17) is 14.6 Å². The highest BCUT2D eigenvalue weighted by Crippen LogP contribution is 2.23. The van der Waals surface area contributed by atoms with E-state index in [1.807, 2.05) is 0 Å². The third kappa shape index (κ3) is 2.12. The summed E-state index contributed by atoms with van der Waals surface area (Å²) < 4.78 is 10.1. The number of aliphatic hydroxyl groups excluding tert-OH is 3. The number of ether oxygens (including phenoxy) is 2. The van der Waals surface area contributed by atoms with Crippen molar-refractivity contribution >= 4 is 0 Å². The van der Waals surface area contributed by atoms with Crippen molar-refractivity contribution in [1.82, 2.24) is 0 Å². The molecular weight excluding hydrogens is 176 g/mol. The number of hydrogen-bond donors (Lipinski definition) is 3. The molecule has 1 aliphatic heterocycles. The average molecular weight is 190 g/mol. The zero-order valence-electron chi connectivity index (χ0n) is 7.43. The lowest BCUT2D eigenvalue weighted by Gasteiger charge is -2.18. The first-order chi connectivity index (χ1) is 6.20. The fraction of sp³-hybridized carbons (Fsp3) is 0.750. The van der Waals surface area contributed by atoms with Crippen molar-refractivity contribution in [3.05, 3.63) is 11.5 Å². The summed E-state index contributed by atoms with van der Waals surface area (Å²) in [4.78, 5) is 0. The molecule has 1 aliphatic rings. The van der Waals surface area contributed by atoms with E-state index in [0.717, 1.165) is 0 Å². The molecule has 0 aromatic heterocycles. The minimum absolute atomic E-state index is 0.0145. The first-order valence-electron chi connectivity index (χ1n) is 4.16. The number of rotatable bonds is 4. The minimum atomic E-state index is -1.05. The lowest BCUT2D eigenvalue weighted by Crippen LogP contribution is -2.31. The predicted molar refractivity (Wildman–Crippen MR) is 44.1 cm³/mol. The van der Waals surface area contributed by atoms with Gasteiger partial charge in [-0.1, -0.05) is 0 Å². The molecule has 0 fully saturated rings. The minimum Gasteiger partial charge on any atom is -0.506 e. The maximum Gasteiger partial charge on any atom is 0.167 e. The Balaban J connectivity index is 2.66. The van der Waals surface area contributed by atoms with Gasteiger partial charge in [-0.25, -0.2) is 0 Å². The maximum absolute atomic E-state index is 9.27. The van der Waals surface area contributed by atoms with Crippen LogP contribution in [-0.4, -0.2) is 47.3 Å². The van der Waals surface area contributed by atoms with Crippen LogP contribution in [0.25, 0.3) is 0 Å². The Morgan fingerprint density at radius 2 is 2.38 bits per heavy atom. The fourth-order valence-corrected chi connectivity index (χ4v) is 1.18. The zero-order chi connectivity index (χ0) is 9.84. The molecular formula is C8H14O5. The lowest BCUT2D eigenvalue weighted by atomic mass is 10.2. The Hall–Kier alpha value is -0.780. The highest BCUT2D eigenvalue weighted by molar-refractivity contribution is 5.13. The summed E-state index contributed by atoms with van der Waals surface area (Å²) in [7, 11) is 0. The highest BCUT2D eigenvalue weighted by atomic mass is 16.6. The number of aliphatic hydroxyl groups is 3. The van der Waals surface area contributed by atoms with E-state index in [9.17, 15) is 10.2 Å². The Kier molecular flexibility index (Phi) is 3.53. The highest BCUT2D eigenvalue weighted by Gasteiger charge is 2.33. The van der Waals surface area contributed by atoms with E-state index >= 15 is 0 Å². The molecule has 0 aliphatic carbocycles. The van der Waals surface area contributed by atoms with Crippen LogP contribution in [0.15, 0.2) is 11.5 Å². The van der Waals surface area contributed by atoms with Gasteiger partial charge in [0.15, 0.2) is 11.5 Å². The standard InChI is InChI=1S/C8H14O5/c1-2-12-8-6(11)4-13-7(8)5(10)3-9/h5,7,9-11H,2-4H2,1H3/t5-,7+/m0/s1. The third-order valence-electron chi connectivity index (χ3n) is 1.78. The van der Waals surface area contributed by atoms with Gasteiger partial charge in [0.2, 0.25) is 0 Å². The first kappa shape index (κ1) is 10.3. The van der Waals surface area contributed by atoms with Crippen LogP contribution in [0.5, 0.6) is 0 Å². The summed E-state index contributed by atoms with van der Waals surface area (Å²) in [6.07, 6.45) is -1.80. The van der Waals surface area contributed by atoms with Crippen LogP contribution < -0.4 is 0 Å². The molecule has 76 valence electrons. The number of hydrogen-bond acceptors (Lipinski definition) is 5. The molecule has 0 saturated heterocycles. The fourth-order valence-electron chi connectivity index (χ4n) is 1.18. The molecule has 2 atom stereocenters. The molecule has 0 radical (unpaired) electrons. The van der Waals surface area contributed by atoms with E-state index in [-0.39, 0.29) is 18.1 Å². The van der Waals surface area contributed by atoms with E-state index in [1.54, 1.807) is 6.92 Å². The summed E-state index contributed by atoms with van der Waals surface area (Å²) >= 11 is 0. The Bertz CT molecular complexity index is 201. The molecule has 0 aromatic rings. The average Bonchev–Trinajstić information content (AvgIpc) is 2.48. The van der Waals surface area contributed by atoms with E-state index in [2.05, 4.69) is 0 Å². The van der Waals surface area contributed by atoms with Crippen molar-refractivity contribution in [3.63, 3.8) is 0 Å². The monoisotopic (exact) mass is 190 g/mol. The summed E-state index contributed by atoms with van der Waals surface area (Å²) in [5.41, 5.74) is 0. The molecule has 0 unspecified atom stereocenters. The van der Waals surface area contributed by atoms with Crippen LogP contribution in [0.3, 0.4) is 0 Å². The molecule has 1 heterocycles. The van der Waals surface area contributed by atoms with Crippen LogP contribution >= 0.6 is 0 Å². The summed E-state index contributed by atoms with van der Waals surface area (Å²) in [5.74, 6) is 0.211. The smallest absolute Gasteiger partial charge is 0.167 e. The van der Waals surface area contributed by atoms with Gasteiger partial charge in [0.05, 0.1) is 13.2 Å². The van der Waals surface area contributed by atoms with Crippen LogP contribution in [0.2, 0.25) is 0 Å². The maximum atomic E-state index is 9.27. The van der Waals surface area contributed by atoms with Gasteiger partial charge in [-0.15, -0.1) is 0 Å². The molecule has 0 saturated carbocycles. The summed E-state index contributed by atoms with van der Waals surface area (Å²) in [5, 5.41) is 27.2. The molecule has 1 rings (SSSR count). The molecule has 13 heavy (non-hydrogen) atoms. The Morgan fingerprint density at radius 1 is 1.69 bits per heavy atom. The van der Waals surface area contributed by atoms with Crippen molar-refractivity contribution in [2.45, 2.75) is 19.1 Å². The van der Waals surface area contributed by atoms with Crippen molar-refractivity contribution in [3.8, 4) is 0 Å². The van der Waals surface area contributed by atoms with E-state index < -0.39 is 18.8 Å². The molecule has 5 nitrogen and oxygen atoms in total. The largest absolute Gasteiger partial charge is 0.506 e. The third-order valence-corrected chi connectivity index (χ3v) is 1.78. The van der Waals surface area contributed by atoms with Crippen LogP contribution in [0, 0.1) is 0 Å². The van der Waals surface area contributed by atoms with Gasteiger partial charge in [-0.2, -0.15) is 0 Å². The SMILES string of the molecule is CCOC1=C(O)CO[C@@H]1[C@@H](O)CO. The van der Waals surface area contributed by atoms with Gasteiger partial charge in [0.25, 0.3) is 0 Å². The molecule has 0 amide bonds. The van der Waals surface area contributed by atoms with Gasteiger partial charge in [0.1, 0.15) is 18.8 Å². The van der Waals surface area contributed by atoms with Crippen molar-refractivity contribution in [2.75, 3.05) is 19.8 Å². The van der Waals surface area contributed by atoms with Gasteiger partial charge in [0, 0.05) is 0 Å². The molecule has 5 heteroatoms. The van der Waals surface area contributed by atoms with Crippen LogP contribution in [0.4, 0.5) is 0 Å². The topological polar surface area (TPSA) is 79.2 Å². The van der Waals surface area contributed by atoms with Crippen LogP contribution in [-0.2, 0) is 9.47 Å². The van der Waals surface area contributed by atoms with Crippen LogP contribution in [0.1, 0.15) is 6.92 Å². The van der Waals surface area contributed by atoms with E-state index in [1.165, 1.54) is 0 Å². The zero-order valence-corrected chi connectivity index (χ0v) is 7.43. The normalized spacial score (nSPS) is 25.0.